The largest absolute Gasteiger partial charge is 0.399 e. The van der Waals surface area contributed by atoms with Crippen LogP contribution in [0.15, 0.2) is 5.16 Å². The summed E-state index contributed by atoms with van der Waals surface area (Å²) in [6.45, 7) is 3.86. The number of aliphatic hydroxyl groups is 1. The highest BCUT2D eigenvalue weighted by atomic mass is 31.2. The zero-order valence-corrected chi connectivity index (χ0v) is 15.3. The van der Waals surface area contributed by atoms with E-state index in [9.17, 15) is 9.67 Å². The first-order valence-electron chi connectivity index (χ1n) is 8.35. The number of hydrogen-bond acceptors (Lipinski definition) is 5. The van der Waals surface area contributed by atoms with Crippen LogP contribution in [0.25, 0.3) is 0 Å². The molecule has 0 aromatic rings. The summed E-state index contributed by atoms with van der Waals surface area (Å²) in [6, 6.07) is 0. The fourth-order valence-corrected chi connectivity index (χ4v) is 4.29. The molecule has 0 bridgehead atoms. The van der Waals surface area contributed by atoms with E-state index in [4.69, 9.17) is 9.36 Å². The molecule has 0 aliphatic heterocycles. The van der Waals surface area contributed by atoms with Crippen LogP contribution < -0.4 is 0 Å². The topological polar surface area (TPSA) is 68.1 Å². The number of aliphatic hydroxyl groups excluding tert-OH is 1. The first-order valence-corrected chi connectivity index (χ1v) is 10.6. The molecule has 130 valence electrons. The maximum atomic E-state index is 12.0. The van der Waals surface area contributed by atoms with Crippen molar-refractivity contribution in [2.75, 3.05) is 27.0 Å². The molecule has 0 saturated heterocycles. The second kappa shape index (κ2) is 9.69. The van der Waals surface area contributed by atoms with Crippen molar-refractivity contribution in [1.82, 2.24) is 0 Å². The summed E-state index contributed by atoms with van der Waals surface area (Å²) < 4.78 is 17.0. The minimum absolute atomic E-state index is 0.197. The molecule has 4 atom stereocenters. The molecule has 0 aromatic heterocycles. The van der Waals surface area contributed by atoms with Gasteiger partial charge in [-0.1, -0.05) is 31.3 Å². The number of rotatable bonds is 10. The van der Waals surface area contributed by atoms with E-state index in [-0.39, 0.29) is 12.0 Å². The minimum atomic E-state index is -2.46. The zero-order valence-electron chi connectivity index (χ0n) is 14.5. The number of unbranched alkanes of at least 4 members (excludes halogenated alkanes) is 2. The summed E-state index contributed by atoms with van der Waals surface area (Å²) in [4.78, 5) is 4.95. The molecule has 1 aliphatic rings. The second-order valence-corrected chi connectivity index (χ2v) is 9.21. The molecule has 1 fully saturated rings. The van der Waals surface area contributed by atoms with E-state index in [2.05, 4.69) is 12.1 Å². The van der Waals surface area contributed by atoms with E-state index >= 15 is 0 Å². The predicted molar refractivity (Wildman–Crippen MR) is 90.8 cm³/mol. The molecule has 1 saturated carbocycles. The van der Waals surface area contributed by atoms with Crippen molar-refractivity contribution in [1.29, 1.82) is 0 Å². The van der Waals surface area contributed by atoms with Gasteiger partial charge in [0.15, 0.2) is 7.37 Å². The lowest BCUT2D eigenvalue weighted by Crippen LogP contribution is -2.21. The van der Waals surface area contributed by atoms with Gasteiger partial charge in [-0.25, -0.2) is 0 Å². The minimum Gasteiger partial charge on any atom is -0.399 e. The van der Waals surface area contributed by atoms with Crippen LogP contribution in [-0.4, -0.2) is 44.0 Å². The van der Waals surface area contributed by atoms with Gasteiger partial charge in [-0.05, 0) is 25.2 Å². The highest BCUT2D eigenvalue weighted by Gasteiger charge is 2.39. The Bertz CT molecular complexity index is 400. The van der Waals surface area contributed by atoms with Gasteiger partial charge in [0.1, 0.15) is 7.11 Å². The smallest absolute Gasteiger partial charge is 0.199 e. The predicted octanol–water partition coefficient (Wildman–Crippen LogP) is 3.90. The second-order valence-electron chi connectivity index (χ2n) is 6.37. The van der Waals surface area contributed by atoms with Crippen molar-refractivity contribution in [3.05, 3.63) is 0 Å². The van der Waals surface area contributed by atoms with Gasteiger partial charge in [-0.3, -0.25) is 4.57 Å². The van der Waals surface area contributed by atoms with E-state index in [1.807, 2.05) is 0 Å². The van der Waals surface area contributed by atoms with Gasteiger partial charge < -0.3 is 14.5 Å². The molecule has 1 aliphatic carbocycles. The lowest BCUT2D eigenvalue weighted by molar-refractivity contribution is 0.109. The third-order valence-corrected chi connectivity index (χ3v) is 6.57. The van der Waals surface area contributed by atoms with Gasteiger partial charge in [-0.2, -0.15) is 0 Å². The molecule has 0 amide bonds. The SMILES string of the molecule is CCCCCC1/C(=N/OC)CC(O)C1CCCP(C)(=O)OC. The van der Waals surface area contributed by atoms with E-state index in [0.29, 0.717) is 18.5 Å². The summed E-state index contributed by atoms with van der Waals surface area (Å²) in [5.74, 6) is 0.489. The Hall–Kier alpha value is -0.380. The first-order chi connectivity index (χ1) is 10.4. The van der Waals surface area contributed by atoms with Crippen LogP contribution >= 0.6 is 7.37 Å². The third-order valence-electron chi connectivity index (χ3n) is 4.67. The average Bonchev–Trinajstić information content (AvgIpc) is 2.76. The third kappa shape index (κ3) is 6.02. The van der Waals surface area contributed by atoms with E-state index in [1.54, 1.807) is 13.8 Å². The standard InChI is InChI=1S/C16H32NO4P/c1-5-6-7-9-13-14(10-8-11-22(4,19)21-3)16(18)12-15(13)17-20-2/h13-14,16,18H,5-12H2,1-4H3/b17-15+. The molecule has 0 radical (unpaired) electrons. The van der Waals surface area contributed by atoms with Crippen LogP contribution in [0.2, 0.25) is 0 Å². The van der Waals surface area contributed by atoms with Gasteiger partial charge in [0, 0.05) is 32.3 Å². The molecule has 1 rings (SSSR count). The fraction of sp³-hybridized carbons (Fsp3) is 0.938. The summed E-state index contributed by atoms with van der Waals surface area (Å²) >= 11 is 0. The maximum absolute atomic E-state index is 12.0. The first kappa shape index (κ1) is 19.7. The average molecular weight is 333 g/mol. The van der Waals surface area contributed by atoms with E-state index in [1.165, 1.54) is 20.0 Å². The van der Waals surface area contributed by atoms with Crippen molar-refractivity contribution in [2.45, 2.75) is 58.0 Å². The van der Waals surface area contributed by atoms with Crippen LogP contribution in [-0.2, 0) is 13.9 Å². The Labute approximate surface area is 134 Å². The Kier molecular flexibility index (Phi) is 8.66. The molecule has 5 nitrogen and oxygen atoms in total. The van der Waals surface area contributed by atoms with Crippen LogP contribution in [0.5, 0.6) is 0 Å². The Morgan fingerprint density at radius 1 is 1.27 bits per heavy atom. The van der Waals surface area contributed by atoms with Gasteiger partial charge in [0.2, 0.25) is 0 Å². The van der Waals surface area contributed by atoms with Gasteiger partial charge >= 0.3 is 0 Å². The lowest BCUT2D eigenvalue weighted by Gasteiger charge is -2.22. The van der Waals surface area contributed by atoms with Crippen LogP contribution in [0.1, 0.15) is 51.9 Å². The monoisotopic (exact) mass is 333 g/mol. The van der Waals surface area contributed by atoms with E-state index in [0.717, 1.165) is 31.4 Å². The van der Waals surface area contributed by atoms with Crippen molar-refractivity contribution in [2.24, 2.45) is 17.0 Å². The van der Waals surface area contributed by atoms with Gasteiger partial charge in [0.05, 0.1) is 11.8 Å². The number of oxime groups is 1. The van der Waals surface area contributed by atoms with E-state index < -0.39 is 7.37 Å². The van der Waals surface area contributed by atoms with Gasteiger partial charge in [-0.15, -0.1) is 0 Å². The molecular formula is C16H32NO4P. The summed E-state index contributed by atoms with van der Waals surface area (Å²) in [7, 11) is 0.599. The Morgan fingerprint density at radius 3 is 2.59 bits per heavy atom. The highest BCUT2D eigenvalue weighted by molar-refractivity contribution is 7.58. The number of nitrogens with zero attached hydrogens (tertiary/aromatic N) is 1. The number of hydrogen-bond donors (Lipinski definition) is 1. The normalized spacial score (nSPS) is 29.7. The van der Waals surface area contributed by atoms with Gasteiger partial charge in [0.25, 0.3) is 0 Å². The quantitative estimate of drug-likeness (QED) is 0.374. The molecular weight excluding hydrogens is 301 g/mol. The lowest BCUT2D eigenvalue weighted by atomic mass is 9.86. The fourth-order valence-electron chi connectivity index (χ4n) is 3.35. The van der Waals surface area contributed by atoms with Crippen LogP contribution in [0.4, 0.5) is 0 Å². The van der Waals surface area contributed by atoms with Crippen LogP contribution in [0.3, 0.4) is 0 Å². The summed E-state index contributed by atoms with van der Waals surface area (Å²) in [5.41, 5.74) is 0.988. The van der Waals surface area contributed by atoms with Crippen molar-refractivity contribution in [3.63, 3.8) is 0 Å². The molecule has 22 heavy (non-hydrogen) atoms. The van der Waals surface area contributed by atoms with Crippen LogP contribution in [0, 0.1) is 11.8 Å². The van der Waals surface area contributed by atoms with Crippen molar-refractivity contribution >= 4 is 13.1 Å². The molecule has 6 heteroatoms. The molecule has 4 unspecified atom stereocenters. The maximum Gasteiger partial charge on any atom is 0.199 e. The molecule has 0 heterocycles. The Balaban J connectivity index is 2.63. The van der Waals surface area contributed by atoms with Crippen molar-refractivity contribution < 1.29 is 19.0 Å². The van der Waals surface area contributed by atoms with Crippen molar-refractivity contribution in [3.8, 4) is 0 Å². The summed E-state index contributed by atoms with van der Waals surface area (Å²) in [5, 5.41) is 14.5. The zero-order chi connectivity index (χ0) is 16.6. The molecule has 0 spiro atoms. The Morgan fingerprint density at radius 2 is 2.00 bits per heavy atom. The molecule has 0 aromatic carbocycles. The highest BCUT2D eigenvalue weighted by Crippen LogP contribution is 2.44. The molecule has 1 N–H and O–H groups in total. The summed E-state index contributed by atoms with van der Waals surface area (Å²) in [6.07, 6.45) is 7.07.